The van der Waals surface area contributed by atoms with Gasteiger partial charge in [0.2, 0.25) is 0 Å². The molecule has 0 amide bonds. The van der Waals surface area contributed by atoms with Crippen molar-refractivity contribution in [1.82, 2.24) is 9.97 Å². The van der Waals surface area contributed by atoms with Gasteiger partial charge < -0.3 is 10.4 Å². The molecule has 21 heavy (non-hydrogen) atoms. The maximum absolute atomic E-state index is 9.90. The minimum atomic E-state index is 0.342. The van der Waals surface area contributed by atoms with E-state index in [9.17, 15) is 5.11 Å². The molecule has 0 saturated carbocycles. The zero-order valence-corrected chi connectivity index (χ0v) is 13.2. The van der Waals surface area contributed by atoms with Gasteiger partial charge in [0.25, 0.3) is 0 Å². The van der Waals surface area contributed by atoms with E-state index in [4.69, 9.17) is 0 Å². The third kappa shape index (κ3) is 3.51. The molecule has 1 aromatic carbocycles. The lowest BCUT2D eigenvalue weighted by Crippen LogP contribution is -2.05. The van der Waals surface area contributed by atoms with Crippen molar-refractivity contribution in [3.8, 4) is 17.1 Å². The highest BCUT2D eigenvalue weighted by molar-refractivity contribution is 5.62. The second-order valence-electron chi connectivity index (χ2n) is 5.31. The first-order valence-corrected chi connectivity index (χ1v) is 7.47. The van der Waals surface area contributed by atoms with E-state index in [2.05, 4.69) is 29.1 Å². The number of nitrogens with one attached hydrogen (secondary N) is 1. The third-order valence-corrected chi connectivity index (χ3v) is 3.45. The summed E-state index contributed by atoms with van der Waals surface area (Å²) in [6.07, 6.45) is 1.92. The van der Waals surface area contributed by atoms with Crippen molar-refractivity contribution in [3.63, 3.8) is 0 Å². The SMILES string of the molecule is CCCNc1cc(CC)nc(-c2cc(C)c(O)c(C)c2)n1. The molecule has 0 radical (unpaired) electrons. The van der Waals surface area contributed by atoms with Gasteiger partial charge in [-0.1, -0.05) is 13.8 Å². The average molecular weight is 285 g/mol. The van der Waals surface area contributed by atoms with Crippen molar-refractivity contribution in [2.45, 2.75) is 40.5 Å². The molecule has 1 aromatic heterocycles. The van der Waals surface area contributed by atoms with Crippen molar-refractivity contribution in [2.75, 3.05) is 11.9 Å². The zero-order chi connectivity index (χ0) is 15.4. The van der Waals surface area contributed by atoms with Crippen molar-refractivity contribution in [1.29, 1.82) is 0 Å². The van der Waals surface area contributed by atoms with Gasteiger partial charge in [-0.3, -0.25) is 0 Å². The fourth-order valence-electron chi connectivity index (χ4n) is 2.24. The molecular formula is C17H23N3O. The number of phenols is 1. The Bertz CT molecular complexity index is 615. The van der Waals surface area contributed by atoms with Crippen LogP contribution in [-0.4, -0.2) is 21.6 Å². The Morgan fingerprint density at radius 2 is 1.71 bits per heavy atom. The molecule has 2 rings (SSSR count). The Hall–Kier alpha value is -2.10. The van der Waals surface area contributed by atoms with Crippen LogP contribution in [-0.2, 0) is 6.42 Å². The van der Waals surface area contributed by atoms with E-state index in [1.807, 2.05) is 32.0 Å². The van der Waals surface area contributed by atoms with Gasteiger partial charge in [0.1, 0.15) is 11.6 Å². The second kappa shape index (κ2) is 6.57. The number of rotatable bonds is 5. The zero-order valence-electron chi connectivity index (χ0n) is 13.2. The quantitative estimate of drug-likeness (QED) is 0.876. The Balaban J connectivity index is 2.47. The summed E-state index contributed by atoms with van der Waals surface area (Å²) >= 11 is 0. The van der Waals surface area contributed by atoms with Gasteiger partial charge in [-0.2, -0.15) is 0 Å². The molecule has 0 aliphatic heterocycles. The number of nitrogens with zero attached hydrogens (tertiary/aromatic N) is 2. The smallest absolute Gasteiger partial charge is 0.161 e. The van der Waals surface area contributed by atoms with E-state index in [0.29, 0.717) is 11.6 Å². The Kier molecular flexibility index (Phi) is 4.78. The highest BCUT2D eigenvalue weighted by atomic mass is 16.3. The topological polar surface area (TPSA) is 58.0 Å². The number of phenolic OH excluding ortho intramolecular Hbond substituents is 1. The molecule has 0 bridgehead atoms. The number of aromatic hydroxyl groups is 1. The van der Waals surface area contributed by atoms with Gasteiger partial charge in [0.05, 0.1) is 0 Å². The molecule has 0 unspecified atom stereocenters. The van der Waals surface area contributed by atoms with Gasteiger partial charge >= 0.3 is 0 Å². The molecular weight excluding hydrogens is 262 g/mol. The van der Waals surface area contributed by atoms with Gasteiger partial charge in [-0.25, -0.2) is 9.97 Å². The van der Waals surface area contributed by atoms with Crippen molar-refractivity contribution in [2.24, 2.45) is 0 Å². The standard InChI is InChI=1S/C17H23N3O/c1-5-7-18-15-10-14(6-2)19-17(20-15)13-8-11(3)16(21)12(4)9-13/h8-10,21H,5-7H2,1-4H3,(H,18,19,20). The molecule has 0 atom stereocenters. The molecule has 4 heteroatoms. The van der Waals surface area contributed by atoms with Crippen LogP contribution in [0.4, 0.5) is 5.82 Å². The molecule has 4 nitrogen and oxygen atoms in total. The van der Waals surface area contributed by atoms with E-state index in [-0.39, 0.29) is 0 Å². The number of aromatic nitrogens is 2. The van der Waals surface area contributed by atoms with Crippen molar-refractivity contribution in [3.05, 3.63) is 35.0 Å². The fourth-order valence-corrected chi connectivity index (χ4v) is 2.24. The maximum Gasteiger partial charge on any atom is 0.161 e. The summed E-state index contributed by atoms with van der Waals surface area (Å²) in [6, 6.07) is 5.86. The molecule has 112 valence electrons. The van der Waals surface area contributed by atoms with Gasteiger partial charge in [0.15, 0.2) is 5.82 Å². The van der Waals surface area contributed by atoms with Crippen LogP contribution >= 0.6 is 0 Å². The normalized spacial score (nSPS) is 10.7. The van der Waals surface area contributed by atoms with E-state index >= 15 is 0 Å². The molecule has 2 N–H and O–H groups in total. The van der Waals surface area contributed by atoms with Crippen LogP contribution in [0.2, 0.25) is 0 Å². The first-order chi connectivity index (χ1) is 10.0. The molecule has 1 heterocycles. The van der Waals surface area contributed by atoms with E-state index < -0.39 is 0 Å². The maximum atomic E-state index is 9.90. The van der Waals surface area contributed by atoms with Crippen LogP contribution in [0.5, 0.6) is 5.75 Å². The van der Waals surface area contributed by atoms with Gasteiger partial charge in [0, 0.05) is 23.9 Å². The van der Waals surface area contributed by atoms with Crippen molar-refractivity contribution < 1.29 is 5.11 Å². The predicted octanol–water partition coefficient (Wildman–Crippen LogP) is 3.85. The first-order valence-electron chi connectivity index (χ1n) is 7.47. The minimum absolute atomic E-state index is 0.342. The van der Waals surface area contributed by atoms with E-state index in [1.54, 1.807) is 0 Å². The summed E-state index contributed by atoms with van der Waals surface area (Å²) in [4.78, 5) is 9.21. The van der Waals surface area contributed by atoms with Crippen molar-refractivity contribution >= 4 is 5.82 Å². The summed E-state index contributed by atoms with van der Waals surface area (Å²) < 4.78 is 0. The van der Waals surface area contributed by atoms with Crippen LogP contribution in [0, 0.1) is 13.8 Å². The lowest BCUT2D eigenvalue weighted by atomic mass is 10.1. The van der Waals surface area contributed by atoms with E-state index in [1.165, 1.54) is 0 Å². The molecule has 0 saturated heterocycles. The number of hydrogen-bond donors (Lipinski definition) is 2. The minimum Gasteiger partial charge on any atom is -0.507 e. The lowest BCUT2D eigenvalue weighted by molar-refractivity contribution is 0.467. The average Bonchev–Trinajstić information content (AvgIpc) is 2.49. The number of anilines is 1. The molecule has 0 aliphatic rings. The Labute approximate surface area is 126 Å². The molecule has 0 fully saturated rings. The monoisotopic (exact) mass is 285 g/mol. The summed E-state index contributed by atoms with van der Waals surface area (Å²) in [5.74, 6) is 1.91. The second-order valence-corrected chi connectivity index (χ2v) is 5.31. The van der Waals surface area contributed by atoms with E-state index in [0.717, 1.165) is 47.6 Å². The summed E-state index contributed by atoms with van der Waals surface area (Å²) in [6.45, 7) is 8.90. The highest BCUT2D eigenvalue weighted by Gasteiger charge is 2.10. The predicted molar refractivity (Wildman–Crippen MR) is 86.8 cm³/mol. The molecule has 0 spiro atoms. The van der Waals surface area contributed by atoms with Crippen LogP contribution in [0.1, 0.15) is 37.1 Å². The first kappa shape index (κ1) is 15.3. The fraction of sp³-hybridized carbons (Fsp3) is 0.412. The summed E-state index contributed by atoms with van der Waals surface area (Å²) in [5, 5.41) is 13.2. The molecule has 2 aromatic rings. The Morgan fingerprint density at radius 3 is 2.29 bits per heavy atom. The third-order valence-electron chi connectivity index (χ3n) is 3.45. The number of hydrogen-bond acceptors (Lipinski definition) is 4. The van der Waals surface area contributed by atoms with Crippen LogP contribution in [0.3, 0.4) is 0 Å². The summed E-state index contributed by atoms with van der Waals surface area (Å²) in [5.41, 5.74) is 3.65. The van der Waals surface area contributed by atoms with Gasteiger partial charge in [-0.05, 0) is 49.9 Å². The lowest BCUT2D eigenvalue weighted by Gasteiger charge is -2.11. The Morgan fingerprint density at radius 1 is 1.05 bits per heavy atom. The highest BCUT2D eigenvalue weighted by Crippen LogP contribution is 2.28. The van der Waals surface area contributed by atoms with Crippen LogP contribution in [0.15, 0.2) is 18.2 Å². The number of aryl methyl sites for hydroxylation is 3. The number of benzene rings is 1. The largest absolute Gasteiger partial charge is 0.507 e. The van der Waals surface area contributed by atoms with Crippen LogP contribution in [0.25, 0.3) is 11.4 Å². The molecule has 0 aliphatic carbocycles. The summed E-state index contributed by atoms with van der Waals surface area (Å²) in [7, 11) is 0. The van der Waals surface area contributed by atoms with Crippen LogP contribution < -0.4 is 5.32 Å². The van der Waals surface area contributed by atoms with Gasteiger partial charge in [-0.15, -0.1) is 0 Å².